The Morgan fingerprint density at radius 2 is 1.80 bits per heavy atom. The molecular formula is C43H46F2N12O4. The molecule has 2 amide bonds. The minimum atomic E-state index is -0.708. The van der Waals surface area contributed by atoms with Crippen LogP contribution in [-0.2, 0) is 16.1 Å². The summed E-state index contributed by atoms with van der Waals surface area (Å²) in [7, 11) is 1.73. The number of aliphatic hydroxyl groups excluding tert-OH is 1. The fourth-order valence-corrected chi connectivity index (χ4v) is 9.43. The van der Waals surface area contributed by atoms with Crippen LogP contribution in [0.3, 0.4) is 0 Å². The van der Waals surface area contributed by atoms with Gasteiger partial charge in [-0.2, -0.15) is 15.1 Å². The van der Waals surface area contributed by atoms with Crippen molar-refractivity contribution >= 4 is 51.5 Å². The van der Waals surface area contributed by atoms with Gasteiger partial charge in [0.1, 0.15) is 59.2 Å². The summed E-state index contributed by atoms with van der Waals surface area (Å²) in [6.45, 7) is 4.33. The topological polar surface area (TPSA) is 163 Å². The highest BCUT2D eigenvalue weighted by Gasteiger charge is 2.42. The van der Waals surface area contributed by atoms with E-state index < -0.39 is 23.7 Å². The minimum Gasteiger partial charge on any atom is -0.489 e. The van der Waals surface area contributed by atoms with Gasteiger partial charge >= 0.3 is 0 Å². The molecule has 2 N–H and O–H groups in total. The van der Waals surface area contributed by atoms with Crippen LogP contribution in [0.25, 0.3) is 39.0 Å². The number of amides is 2. The van der Waals surface area contributed by atoms with E-state index in [0.717, 1.165) is 17.8 Å². The third-order valence-electron chi connectivity index (χ3n) is 12.3. The Balaban J connectivity index is 1.12. The van der Waals surface area contributed by atoms with E-state index in [4.69, 9.17) is 29.8 Å². The van der Waals surface area contributed by atoms with Crippen molar-refractivity contribution < 1.29 is 28.2 Å². The normalized spacial score (nSPS) is 20.8. The fraction of sp³-hybridized carbons (Fsp3) is 0.419. The first kappa shape index (κ1) is 38.8. The predicted molar refractivity (Wildman–Crippen MR) is 224 cm³/mol. The van der Waals surface area contributed by atoms with Crippen molar-refractivity contribution in [1.29, 1.82) is 0 Å². The molecule has 0 radical (unpaired) electrons. The summed E-state index contributed by atoms with van der Waals surface area (Å²) in [5.74, 6) is 1.18. The lowest BCUT2D eigenvalue weighted by Crippen LogP contribution is -2.47. The molecule has 4 aliphatic heterocycles. The van der Waals surface area contributed by atoms with E-state index in [1.165, 1.54) is 24.3 Å². The Labute approximate surface area is 349 Å². The third-order valence-corrected chi connectivity index (χ3v) is 12.3. The van der Waals surface area contributed by atoms with Crippen LogP contribution < -0.4 is 19.9 Å². The van der Waals surface area contributed by atoms with Crippen molar-refractivity contribution in [1.82, 2.24) is 44.1 Å². The number of aliphatic hydroxyl groups is 1. The Hall–Kier alpha value is -6.43. The average Bonchev–Trinajstić information content (AvgIpc) is 4.06. The molecule has 3 unspecified atom stereocenters. The number of aromatic nitrogens is 7. The van der Waals surface area contributed by atoms with Crippen LogP contribution in [0.4, 0.5) is 26.4 Å². The van der Waals surface area contributed by atoms with E-state index in [-0.39, 0.29) is 43.4 Å². The average molecular weight is 833 g/mol. The van der Waals surface area contributed by atoms with Crippen LogP contribution in [0.15, 0.2) is 54.7 Å². The molecule has 6 aromatic rings. The number of pyridine rings is 1. The summed E-state index contributed by atoms with van der Waals surface area (Å²) in [5.41, 5.74) is 3.38. The summed E-state index contributed by atoms with van der Waals surface area (Å²) < 4.78 is 39.7. The van der Waals surface area contributed by atoms with Crippen molar-refractivity contribution in [3.8, 4) is 22.7 Å². The molecule has 10 rings (SSSR count). The van der Waals surface area contributed by atoms with Crippen LogP contribution >= 0.6 is 0 Å². The molecule has 4 aliphatic rings. The quantitative estimate of drug-likeness (QED) is 0.260. The van der Waals surface area contributed by atoms with E-state index in [0.29, 0.717) is 109 Å². The van der Waals surface area contributed by atoms with Gasteiger partial charge in [-0.15, -0.1) is 0 Å². The Morgan fingerprint density at radius 1 is 0.918 bits per heavy atom. The Kier molecular flexibility index (Phi) is 9.88. The number of hydrogen-bond donors (Lipinski definition) is 2. The highest BCUT2D eigenvalue weighted by molar-refractivity contribution is 5.95. The van der Waals surface area contributed by atoms with Crippen molar-refractivity contribution in [2.75, 3.05) is 68.1 Å². The maximum Gasteiger partial charge on any atom is 0.245 e. The summed E-state index contributed by atoms with van der Waals surface area (Å²) in [5, 5.41) is 18.9. The summed E-state index contributed by atoms with van der Waals surface area (Å²) in [6.07, 6.45) is 4.35. The van der Waals surface area contributed by atoms with E-state index in [1.54, 1.807) is 28.9 Å². The molecule has 0 spiro atoms. The number of likely N-dealkylation sites (N-methyl/N-ethyl adjacent to an activating group) is 1. The van der Waals surface area contributed by atoms with Crippen molar-refractivity contribution in [3.05, 3.63) is 72.2 Å². The standard InChI is InChI=1S/C43H46F2N12O4/c1-25-47-32-20-27(45)19-29-31-7-3-9-37(49-31)48-28-22-35(42(60)53(13-6-17-58)12-5-15-54(25)38(29)32)56(24-28)39-30-23-46-57-33-11-10-26(44)21-36(33)61-18-16-52(2)41(59)34-8-4-14-55(34)43(50-39)51-40(30)57/h3,7,9-11,19-21,23,28,34-35,58H,4-6,8,12-18,22,24H2,1-2H3,(H,48,49). The lowest BCUT2D eigenvalue weighted by molar-refractivity contribution is -0.133. The largest absolute Gasteiger partial charge is 0.489 e. The van der Waals surface area contributed by atoms with E-state index in [9.17, 15) is 14.3 Å². The monoisotopic (exact) mass is 832 g/mol. The second-order valence-corrected chi connectivity index (χ2v) is 16.3. The number of nitrogens with one attached hydrogen (secondary N) is 1. The SMILES string of the molecule is Cc1nc2cc(F)cc3c2n1CCCN(CCCO)C(=O)C1CC(CN1c1nc2nc4c1cnn4-c1ccc(F)cc1OCCN(C)C(=O)C1CCCN21)Nc1cccc-3n1. The number of fused-ring (bicyclic) bond motifs is 10. The van der Waals surface area contributed by atoms with Crippen LogP contribution in [0.1, 0.15) is 37.9 Å². The zero-order valence-electron chi connectivity index (χ0n) is 34.0. The summed E-state index contributed by atoms with van der Waals surface area (Å²) in [4.78, 5) is 56.4. The van der Waals surface area contributed by atoms with Gasteiger partial charge in [-0.3, -0.25) is 9.59 Å². The number of benzene rings is 2. The zero-order chi connectivity index (χ0) is 41.9. The molecule has 4 aromatic heterocycles. The van der Waals surface area contributed by atoms with Gasteiger partial charge in [0.05, 0.1) is 34.9 Å². The van der Waals surface area contributed by atoms with Crippen molar-refractivity contribution in [3.63, 3.8) is 0 Å². The van der Waals surface area contributed by atoms with Gasteiger partial charge < -0.3 is 39.3 Å². The molecular weight excluding hydrogens is 787 g/mol. The first-order valence-electron chi connectivity index (χ1n) is 20.9. The van der Waals surface area contributed by atoms with Gasteiger partial charge in [0.15, 0.2) is 5.65 Å². The minimum absolute atomic E-state index is 0.0844. The van der Waals surface area contributed by atoms with Crippen LogP contribution in [0, 0.1) is 18.6 Å². The van der Waals surface area contributed by atoms with E-state index in [1.807, 2.05) is 39.8 Å². The fourth-order valence-electron chi connectivity index (χ4n) is 9.43. The molecule has 2 fully saturated rings. The zero-order valence-corrected chi connectivity index (χ0v) is 34.0. The maximum atomic E-state index is 15.1. The lowest BCUT2D eigenvalue weighted by atomic mass is 10.1. The number of ether oxygens (including phenoxy) is 1. The highest BCUT2D eigenvalue weighted by Crippen LogP contribution is 2.38. The van der Waals surface area contributed by atoms with Gasteiger partial charge in [0, 0.05) is 70.1 Å². The summed E-state index contributed by atoms with van der Waals surface area (Å²) in [6, 6.07) is 11.2. The number of anilines is 3. The molecule has 8 heterocycles. The predicted octanol–water partition coefficient (Wildman–Crippen LogP) is 4.31. The highest BCUT2D eigenvalue weighted by atomic mass is 19.1. The number of halogens is 2. The molecule has 0 saturated carbocycles. The second kappa shape index (κ2) is 15.6. The molecule has 316 valence electrons. The van der Waals surface area contributed by atoms with Gasteiger partial charge in [-0.1, -0.05) is 6.07 Å². The molecule has 61 heavy (non-hydrogen) atoms. The van der Waals surface area contributed by atoms with Gasteiger partial charge in [0.25, 0.3) is 0 Å². The third kappa shape index (κ3) is 6.91. The van der Waals surface area contributed by atoms with Crippen molar-refractivity contribution in [2.24, 2.45) is 0 Å². The van der Waals surface area contributed by atoms with E-state index in [2.05, 4.69) is 9.88 Å². The number of carbonyl (C=O) groups is 2. The number of nitrogens with zero attached hydrogens (tertiary/aromatic N) is 11. The lowest BCUT2D eigenvalue weighted by Gasteiger charge is -2.32. The summed E-state index contributed by atoms with van der Waals surface area (Å²) >= 11 is 0. The number of hydrogen-bond acceptors (Lipinski definition) is 12. The molecule has 16 nitrogen and oxygen atoms in total. The maximum absolute atomic E-state index is 15.1. The molecule has 6 bridgehead atoms. The van der Waals surface area contributed by atoms with Crippen LogP contribution in [-0.4, -0.2) is 132 Å². The number of rotatable bonds is 4. The molecule has 3 atom stereocenters. The Morgan fingerprint density at radius 3 is 2.67 bits per heavy atom. The van der Waals surface area contributed by atoms with Gasteiger partial charge in [0.2, 0.25) is 17.8 Å². The molecule has 0 aliphatic carbocycles. The van der Waals surface area contributed by atoms with E-state index >= 15 is 9.18 Å². The molecule has 2 aromatic carbocycles. The smallest absolute Gasteiger partial charge is 0.245 e. The molecule has 2 saturated heterocycles. The number of carbonyl (C=O) groups excluding carboxylic acids is 2. The van der Waals surface area contributed by atoms with Gasteiger partial charge in [-0.25, -0.2) is 23.4 Å². The van der Waals surface area contributed by atoms with Crippen LogP contribution in [0.2, 0.25) is 0 Å². The van der Waals surface area contributed by atoms with Gasteiger partial charge in [-0.05, 0) is 69.4 Å². The molecule has 18 heteroatoms. The number of aryl methyl sites for hydroxylation is 2. The van der Waals surface area contributed by atoms with Crippen molar-refractivity contribution in [2.45, 2.75) is 63.7 Å². The first-order chi connectivity index (χ1) is 29.6. The first-order valence-corrected chi connectivity index (χ1v) is 20.9. The van der Waals surface area contributed by atoms with Crippen LogP contribution in [0.5, 0.6) is 5.75 Å². The Bertz CT molecular complexity index is 2690. The number of imidazole rings is 1. The second-order valence-electron chi connectivity index (χ2n) is 16.3.